The molecular formula is C8H9NO3S2. The third-order valence-corrected chi connectivity index (χ3v) is 3.27. The van der Waals surface area contributed by atoms with Crippen LogP contribution in [0.3, 0.4) is 0 Å². The summed E-state index contributed by atoms with van der Waals surface area (Å²) in [6.07, 6.45) is 0. The lowest BCUT2D eigenvalue weighted by atomic mass is 10.6. The Bertz CT molecular complexity index is 348. The summed E-state index contributed by atoms with van der Waals surface area (Å²) in [6.45, 7) is 1.42. The summed E-state index contributed by atoms with van der Waals surface area (Å²) in [5, 5.41) is 13.6. The number of carboxylic acid groups (broad SMARTS) is 1. The lowest BCUT2D eigenvalue weighted by Crippen LogP contribution is -2.05. The van der Waals surface area contributed by atoms with Gasteiger partial charge in [-0.2, -0.15) is 0 Å². The monoisotopic (exact) mass is 231 g/mol. The molecule has 0 saturated heterocycles. The first-order valence-corrected chi connectivity index (χ1v) is 5.66. The van der Waals surface area contributed by atoms with Gasteiger partial charge in [-0.05, 0) is 11.4 Å². The molecule has 2 N–H and O–H groups in total. The molecule has 1 amide bonds. The highest BCUT2D eigenvalue weighted by molar-refractivity contribution is 8.00. The molecular weight excluding hydrogens is 222 g/mol. The van der Waals surface area contributed by atoms with Crippen molar-refractivity contribution in [3.05, 3.63) is 11.4 Å². The third kappa shape index (κ3) is 3.39. The molecule has 1 aromatic heterocycles. The topological polar surface area (TPSA) is 66.4 Å². The molecule has 14 heavy (non-hydrogen) atoms. The van der Waals surface area contributed by atoms with E-state index < -0.39 is 5.97 Å². The Morgan fingerprint density at radius 1 is 1.64 bits per heavy atom. The summed E-state index contributed by atoms with van der Waals surface area (Å²) >= 11 is 2.58. The van der Waals surface area contributed by atoms with E-state index in [1.54, 1.807) is 6.07 Å². The molecule has 0 unspecified atom stereocenters. The van der Waals surface area contributed by atoms with Gasteiger partial charge >= 0.3 is 5.97 Å². The lowest BCUT2D eigenvalue weighted by molar-refractivity contribution is -0.133. The van der Waals surface area contributed by atoms with Crippen LogP contribution in [0.15, 0.2) is 16.3 Å². The number of carbonyl (C=O) groups excluding carboxylic acids is 1. The van der Waals surface area contributed by atoms with Crippen molar-refractivity contribution in [3.8, 4) is 0 Å². The summed E-state index contributed by atoms with van der Waals surface area (Å²) in [5.74, 6) is -1.01. The number of hydrogen-bond acceptors (Lipinski definition) is 4. The molecule has 4 nitrogen and oxygen atoms in total. The Kier molecular flexibility index (Phi) is 3.97. The van der Waals surface area contributed by atoms with Crippen LogP contribution in [-0.4, -0.2) is 22.7 Å². The normalized spacial score (nSPS) is 9.79. The van der Waals surface area contributed by atoms with E-state index in [2.05, 4.69) is 5.32 Å². The summed E-state index contributed by atoms with van der Waals surface area (Å²) in [4.78, 5) is 21.9. The zero-order valence-corrected chi connectivity index (χ0v) is 9.08. The van der Waals surface area contributed by atoms with Crippen molar-refractivity contribution in [2.24, 2.45) is 0 Å². The van der Waals surface area contributed by atoms with Crippen molar-refractivity contribution >= 4 is 40.0 Å². The van der Waals surface area contributed by atoms with E-state index in [4.69, 9.17) is 5.11 Å². The number of aliphatic carboxylic acids is 1. The van der Waals surface area contributed by atoms with E-state index in [0.717, 1.165) is 4.90 Å². The van der Waals surface area contributed by atoms with Gasteiger partial charge in [0.05, 0.1) is 5.75 Å². The summed E-state index contributed by atoms with van der Waals surface area (Å²) in [7, 11) is 0. The number of amides is 1. The lowest BCUT2D eigenvalue weighted by Gasteiger charge is -2.01. The quantitative estimate of drug-likeness (QED) is 0.776. The predicted octanol–water partition coefficient (Wildman–Crippen LogP) is 1.88. The van der Waals surface area contributed by atoms with Crippen molar-refractivity contribution in [2.45, 2.75) is 11.8 Å². The Hall–Kier alpha value is -1.01. The Morgan fingerprint density at radius 3 is 2.93 bits per heavy atom. The molecule has 1 aromatic rings. The van der Waals surface area contributed by atoms with Gasteiger partial charge < -0.3 is 10.4 Å². The van der Waals surface area contributed by atoms with E-state index in [0.29, 0.717) is 5.00 Å². The average molecular weight is 231 g/mol. The summed E-state index contributed by atoms with van der Waals surface area (Å²) in [5.41, 5.74) is 0. The van der Waals surface area contributed by atoms with Crippen molar-refractivity contribution in [1.82, 2.24) is 0 Å². The first-order valence-electron chi connectivity index (χ1n) is 3.79. The van der Waals surface area contributed by atoms with Crippen LogP contribution >= 0.6 is 23.1 Å². The first kappa shape index (κ1) is 11.1. The Morgan fingerprint density at radius 2 is 2.36 bits per heavy atom. The Balaban J connectivity index is 2.62. The molecule has 76 valence electrons. The van der Waals surface area contributed by atoms with Crippen LogP contribution in [0.5, 0.6) is 0 Å². The van der Waals surface area contributed by atoms with Gasteiger partial charge in [-0.3, -0.25) is 9.59 Å². The molecule has 0 aliphatic carbocycles. The zero-order valence-electron chi connectivity index (χ0n) is 7.44. The highest BCUT2D eigenvalue weighted by Gasteiger charge is 2.07. The minimum Gasteiger partial charge on any atom is -0.481 e. The second kappa shape index (κ2) is 5.02. The third-order valence-electron chi connectivity index (χ3n) is 1.27. The van der Waals surface area contributed by atoms with Crippen LogP contribution < -0.4 is 5.32 Å². The number of carbonyl (C=O) groups is 2. The maximum absolute atomic E-state index is 10.8. The Labute approximate surface area is 89.3 Å². The van der Waals surface area contributed by atoms with Gasteiger partial charge in [0.25, 0.3) is 0 Å². The van der Waals surface area contributed by atoms with Crippen molar-refractivity contribution < 1.29 is 14.7 Å². The maximum atomic E-state index is 10.8. The molecule has 0 bridgehead atoms. The van der Waals surface area contributed by atoms with Gasteiger partial charge in [-0.25, -0.2) is 0 Å². The minimum atomic E-state index is -0.866. The molecule has 0 aromatic carbocycles. The van der Waals surface area contributed by atoms with Gasteiger partial charge in [0.1, 0.15) is 5.00 Å². The van der Waals surface area contributed by atoms with Crippen LogP contribution in [0.1, 0.15) is 6.92 Å². The molecule has 0 fully saturated rings. The molecule has 0 spiro atoms. The molecule has 0 aliphatic rings. The van der Waals surface area contributed by atoms with Crippen molar-refractivity contribution in [3.63, 3.8) is 0 Å². The molecule has 1 heterocycles. The maximum Gasteiger partial charge on any atom is 0.313 e. The summed E-state index contributed by atoms with van der Waals surface area (Å²) < 4.78 is 0. The van der Waals surface area contributed by atoms with Crippen molar-refractivity contribution in [1.29, 1.82) is 0 Å². The predicted molar refractivity (Wildman–Crippen MR) is 57.0 cm³/mol. The van der Waals surface area contributed by atoms with Gasteiger partial charge in [-0.1, -0.05) is 0 Å². The highest BCUT2D eigenvalue weighted by atomic mass is 32.2. The number of carboxylic acids is 1. The molecule has 0 atom stereocenters. The second-order valence-electron chi connectivity index (χ2n) is 2.48. The van der Waals surface area contributed by atoms with Gasteiger partial charge in [0.15, 0.2) is 0 Å². The van der Waals surface area contributed by atoms with E-state index in [9.17, 15) is 9.59 Å². The molecule has 6 heteroatoms. The van der Waals surface area contributed by atoms with Crippen LogP contribution in [-0.2, 0) is 9.59 Å². The minimum absolute atomic E-state index is 0.00329. The zero-order chi connectivity index (χ0) is 10.6. The fraction of sp³-hybridized carbons (Fsp3) is 0.250. The summed E-state index contributed by atoms with van der Waals surface area (Å²) in [6, 6.07) is 1.80. The highest BCUT2D eigenvalue weighted by Crippen LogP contribution is 2.32. The number of thiophene rings is 1. The van der Waals surface area contributed by atoms with Crippen molar-refractivity contribution in [2.75, 3.05) is 11.1 Å². The fourth-order valence-electron chi connectivity index (χ4n) is 0.802. The number of rotatable bonds is 4. The van der Waals surface area contributed by atoms with E-state index in [1.807, 2.05) is 5.38 Å². The molecule has 0 radical (unpaired) electrons. The number of anilines is 1. The van der Waals surface area contributed by atoms with E-state index in [-0.39, 0.29) is 11.7 Å². The molecule has 0 saturated carbocycles. The SMILES string of the molecule is CC(=O)Nc1sccc1SCC(=O)O. The van der Waals surface area contributed by atoms with Gasteiger partial charge in [0, 0.05) is 11.8 Å². The number of nitrogens with one attached hydrogen (secondary N) is 1. The van der Waals surface area contributed by atoms with Crippen LogP contribution in [0.4, 0.5) is 5.00 Å². The van der Waals surface area contributed by atoms with Crippen LogP contribution in [0.25, 0.3) is 0 Å². The van der Waals surface area contributed by atoms with Gasteiger partial charge in [-0.15, -0.1) is 23.1 Å². The van der Waals surface area contributed by atoms with Gasteiger partial charge in [0.2, 0.25) is 5.91 Å². The molecule has 0 aliphatic heterocycles. The standard InChI is InChI=1S/C8H9NO3S2/c1-5(10)9-8-6(2-3-13-8)14-4-7(11)12/h2-3H,4H2,1H3,(H,9,10)(H,11,12). The largest absolute Gasteiger partial charge is 0.481 e. The first-order chi connectivity index (χ1) is 6.59. The second-order valence-corrected chi connectivity index (χ2v) is 4.41. The van der Waals surface area contributed by atoms with E-state index in [1.165, 1.54) is 30.0 Å². The average Bonchev–Trinajstić information content (AvgIpc) is 2.47. The van der Waals surface area contributed by atoms with Crippen LogP contribution in [0.2, 0.25) is 0 Å². The van der Waals surface area contributed by atoms with E-state index >= 15 is 0 Å². The van der Waals surface area contributed by atoms with Crippen LogP contribution in [0, 0.1) is 0 Å². The molecule has 1 rings (SSSR count). The fourth-order valence-corrected chi connectivity index (χ4v) is 2.56. The smallest absolute Gasteiger partial charge is 0.313 e. The number of hydrogen-bond donors (Lipinski definition) is 2. The number of thioether (sulfide) groups is 1.